The lowest BCUT2D eigenvalue weighted by atomic mass is 9.43. The minimum atomic E-state index is -4.92. The highest BCUT2D eigenvalue weighted by Gasteiger charge is 2.64. The number of aromatic nitrogens is 6. The normalized spacial score (nSPS) is 33.3. The van der Waals surface area contributed by atoms with Gasteiger partial charge in [0.25, 0.3) is 0 Å². The molecule has 0 saturated heterocycles. The predicted molar refractivity (Wildman–Crippen MR) is 211 cm³/mol. The van der Waals surface area contributed by atoms with Gasteiger partial charge in [0.2, 0.25) is 0 Å². The lowest BCUT2D eigenvalue weighted by Crippen LogP contribution is -2.55. The van der Waals surface area contributed by atoms with Crippen molar-refractivity contribution in [3.63, 3.8) is 0 Å². The van der Waals surface area contributed by atoms with Gasteiger partial charge in [-0.15, -0.1) is 0 Å². The molecular weight excluding hydrogens is 733 g/mol. The standard InChI is InChI=1S/C43H63F2N6O4P/c1-8-31-20-34(21-32-12-14-35-36-16-18-40(5,30(4)11-9-10-29(2)3)41(36,6)19-17-37(35)42(31,32)7)54-56(52,53)55-43(23-50-27-46-25-48-50,24-51-28-47-26-49-51)38-15-13-33(44)22-39(38)45/h12-13,15,22,25-31,34-37H,8-11,14,16-21,23-24H2,1-7H3,(H,52,53)/t30-,31?,34-,35-,36+,37+,40-,41+,42+/m1/s1. The number of halogens is 2. The molecule has 2 heterocycles. The molecule has 4 aliphatic carbocycles. The number of hydrogen-bond acceptors (Lipinski definition) is 7. The summed E-state index contributed by atoms with van der Waals surface area (Å²) in [6.45, 7) is 16.7. The van der Waals surface area contributed by atoms with Crippen molar-refractivity contribution in [3.05, 3.63) is 72.4 Å². The summed E-state index contributed by atoms with van der Waals surface area (Å²) in [5.74, 6) is 1.85. The van der Waals surface area contributed by atoms with Gasteiger partial charge in [0.05, 0.1) is 19.2 Å². The maximum absolute atomic E-state index is 15.7. The first-order chi connectivity index (χ1) is 26.5. The van der Waals surface area contributed by atoms with Crippen molar-refractivity contribution in [2.24, 2.45) is 51.8 Å². The fraction of sp³-hybridized carbons (Fsp3) is 0.721. The zero-order chi connectivity index (χ0) is 40.1. The average molecular weight is 797 g/mol. The van der Waals surface area contributed by atoms with Crippen LogP contribution in [0.25, 0.3) is 0 Å². The zero-order valence-corrected chi connectivity index (χ0v) is 35.3. The molecular formula is C43H63F2N6O4P. The Morgan fingerprint density at radius 3 is 2.29 bits per heavy atom. The summed E-state index contributed by atoms with van der Waals surface area (Å²) >= 11 is 0. The van der Waals surface area contributed by atoms with Crippen molar-refractivity contribution in [1.82, 2.24) is 29.5 Å². The molecule has 13 heteroatoms. The highest BCUT2D eigenvalue weighted by Crippen LogP contribution is 2.72. The van der Waals surface area contributed by atoms with Gasteiger partial charge in [-0.25, -0.2) is 32.7 Å². The Hall–Kier alpha value is -2.79. The average Bonchev–Trinajstić information content (AvgIpc) is 3.89. The van der Waals surface area contributed by atoms with Crippen LogP contribution in [0.5, 0.6) is 0 Å². The number of allylic oxidation sites excluding steroid dienone is 1. The minimum Gasteiger partial charge on any atom is -0.302 e. The molecule has 56 heavy (non-hydrogen) atoms. The minimum absolute atomic E-state index is 0.0256. The number of nitrogens with zero attached hydrogens (tertiary/aromatic N) is 6. The van der Waals surface area contributed by atoms with Crippen LogP contribution >= 0.6 is 7.82 Å². The van der Waals surface area contributed by atoms with E-state index in [0.29, 0.717) is 47.3 Å². The van der Waals surface area contributed by atoms with Crippen LogP contribution in [0.4, 0.5) is 8.78 Å². The Kier molecular flexibility index (Phi) is 11.6. The van der Waals surface area contributed by atoms with Gasteiger partial charge < -0.3 is 4.89 Å². The molecule has 7 rings (SSSR count). The summed E-state index contributed by atoms with van der Waals surface area (Å²) in [6.07, 6.45) is 19.4. The first-order valence-electron chi connectivity index (χ1n) is 21.1. The zero-order valence-electron chi connectivity index (χ0n) is 34.4. The number of rotatable bonds is 15. The Morgan fingerprint density at radius 2 is 1.68 bits per heavy atom. The van der Waals surface area contributed by atoms with Crippen LogP contribution in [0.15, 0.2) is 55.2 Å². The first-order valence-corrected chi connectivity index (χ1v) is 22.5. The molecule has 0 aliphatic heterocycles. The van der Waals surface area contributed by atoms with E-state index >= 15 is 4.39 Å². The Labute approximate surface area is 331 Å². The molecule has 10 atom stereocenters. The third-order valence-corrected chi connectivity index (χ3v) is 17.0. The first kappa shape index (κ1) is 41.4. The molecule has 0 amide bonds. The second kappa shape index (κ2) is 15.8. The van der Waals surface area contributed by atoms with Crippen LogP contribution in [0, 0.1) is 63.4 Å². The number of phosphoric ester groups is 1. The van der Waals surface area contributed by atoms with E-state index < -0.39 is 31.2 Å². The van der Waals surface area contributed by atoms with Gasteiger partial charge in [0.15, 0.2) is 0 Å². The summed E-state index contributed by atoms with van der Waals surface area (Å²) in [4.78, 5) is 19.7. The summed E-state index contributed by atoms with van der Waals surface area (Å²) in [7, 11) is -4.92. The van der Waals surface area contributed by atoms with E-state index in [-0.39, 0.29) is 30.0 Å². The number of phosphoric acid groups is 1. The van der Waals surface area contributed by atoms with Gasteiger partial charge in [0, 0.05) is 11.6 Å². The number of benzene rings is 1. The fourth-order valence-electron chi connectivity index (χ4n) is 12.6. The van der Waals surface area contributed by atoms with Crippen molar-refractivity contribution >= 4 is 7.82 Å². The lowest BCUT2D eigenvalue weighted by molar-refractivity contribution is -0.104. The molecule has 0 spiro atoms. The summed E-state index contributed by atoms with van der Waals surface area (Å²) in [6, 6.07) is 3.04. The maximum Gasteiger partial charge on any atom is 0.473 e. The van der Waals surface area contributed by atoms with Crippen LogP contribution in [0.2, 0.25) is 0 Å². The van der Waals surface area contributed by atoms with Crippen LogP contribution in [0.1, 0.15) is 125 Å². The quantitative estimate of drug-likeness (QED) is 0.119. The van der Waals surface area contributed by atoms with Gasteiger partial charge in [-0.2, -0.15) is 10.2 Å². The molecule has 1 aromatic carbocycles. The second-order valence-electron chi connectivity index (χ2n) is 18.9. The molecule has 3 fully saturated rings. The predicted octanol–water partition coefficient (Wildman–Crippen LogP) is 10.3. The smallest absolute Gasteiger partial charge is 0.302 e. The van der Waals surface area contributed by atoms with Crippen LogP contribution in [0.3, 0.4) is 0 Å². The van der Waals surface area contributed by atoms with Crippen molar-refractivity contribution < 1.29 is 27.3 Å². The molecule has 4 aliphatic rings. The topological polar surface area (TPSA) is 117 Å². The van der Waals surface area contributed by atoms with Crippen molar-refractivity contribution in [3.8, 4) is 0 Å². The Bertz CT molecular complexity index is 1860. The van der Waals surface area contributed by atoms with E-state index in [9.17, 15) is 13.8 Å². The third kappa shape index (κ3) is 7.50. The summed E-state index contributed by atoms with van der Waals surface area (Å²) in [5.41, 5.74) is -0.0910. The fourth-order valence-corrected chi connectivity index (χ4v) is 13.8. The number of hydrogen-bond donors (Lipinski definition) is 1. The van der Waals surface area contributed by atoms with Gasteiger partial charge in [-0.1, -0.05) is 91.9 Å². The van der Waals surface area contributed by atoms with E-state index in [1.807, 2.05) is 0 Å². The Balaban J connectivity index is 1.13. The largest absolute Gasteiger partial charge is 0.473 e. The van der Waals surface area contributed by atoms with Crippen LogP contribution in [-0.4, -0.2) is 40.5 Å². The summed E-state index contributed by atoms with van der Waals surface area (Å²) < 4.78 is 59.4. The van der Waals surface area contributed by atoms with E-state index in [1.165, 1.54) is 91.3 Å². The highest BCUT2D eigenvalue weighted by atomic mass is 31.2. The van der Waals surface area contributed by atoms with Gasteiger partial charge in [-0.3, -0.25) is 9.05 Å². The monoisotopic (exact) mass is 796 g/mol. The van der Waals surface area contributed by atoms with Crippen LogP contribution < -0.4 is 0 Å². The molecule has 1 N–H and O–H groups in total. The van der Waals surface area contributed by atoms with Gasteiger partial charge >= 0.3 is 7.82 Å². The lowest BCUT2D eigenvalue weighted by Gasteiger charge is -2.62. The van der Waals surface area contributed by atoms with Crippen molar-refractivity contribution in [2.75, 3.05) is 0 Å². The van der Waals surface area contributed by atoms with E-state index in [0.717, 1.165) is 30.9 Å². The SMILES string of the molecule is CCC1C[C@@H](OP(=O)(O)OC(Cn2cncn2)(Cn2cncn2)c2ccc(F)cc2F)CC2=CC[C@@H]3[C@@H]4CC[C@](C)([C@H](C)CCCC(C)C)[C@@]4(C)CC[C@@H]3[C@]21C. The van der Waals surface area contributed by atoms with Gasteiger partial charge in [-0.05, 0) is 103 Å². The van der Waals surface area contributed by atoms with Crippen LogP contribution in [-0.2, 0) is 32.3 Å². The van der Waals surface area contributed by atoms with E-state index in [1.54, 1.807) is 0 Å². The van der Waals surface area contributed by atoms with Crippen molar-refractivity contribution in [1.29, 1.82) is 0 Å². The third-order valence-electron chi connectivity index (χ3n) is 15.8. The number of fused-ring (bicyclic) bond motifs is 5. The molecule has 0 bridgehead atoms. The molecule has 308 valence electrons. The maximum atomic E-state index is 15.7. The van der Waals surface area contributed by atoms with E-state index in [4.69, 9.17) is 9.05 Å². The molecule has 2 aromatic heterocycles. The second-order valence-corrected chi connectivity index (χ2v) is 20.2. The molecule has 3 aromatic rings. The Morgan fingerprint density at radius 1 is 1.00 bits per heavy atom. The van der Waals surface area contributed by atoms with E-state index in [2.05, 4.69) is 74.7 Å². The highest BCUT2D eigenvalue weighted by molar-refractivity contribution is 7.47. The molecule has 0 radical (unpaired) electrons. The van der Waals surface area contributed by atoms with Crippen molar-refractivity contribution in [2.45, 2.75) is 144 Å². The van der Waals surface area contributed by atoms with Gasteiger partial charge in [0.1, 0.15) is 42.5 Å². The molecule has 3 saturated carbocycles. The molecule has 2 unspecified atom stereocenters. The molecule has 10 nitrogen and oxygen atoms in total. The summed E-state index contributed by atoms with van der Waals surface area (Å²) in [5, 5.41) is 8.36.